The third kappa shape index (κ3) is 2.50. The van der Waals surface area contributed by atoms with Crippen molar-refractivity contribution >= 4 is 5.97 Å². The Bertz CT molecular complexity index is 639. The zero-order valence-corrected chi connectivity index (χ0v) is 11.0. The number of carboxylic acid groups (broad SMARTS) is 1. The van der Waals surface area contributed by atoms with Gasteiger partial charge >= 0.3 is 5.97 Å². The second-order valence-corrected chi connectivity index (χ2v) is 4.86. The Morgan fingerprint density at radius 2 is 2.05 bits per heavy atom. The average molecular weight is 269 g/mol. The van der Waals surface area contributed by atoms with Gasteiger partial charge in [0, 0.05) is 6.07 Å². The Labute approximate surface area is 117 Å². The van der Waals surface area contributed by atoms with Gasteiger partial charge in [-0.2, -0.15) is 0 Å². The van der Waals surface area contributed by atoms with E-state index >= 15 is 0 Å². The van der Waals surface area contributed by atoms with E-state index in [1.165, 1.54) is 17.2 Å². The summed E-state index contributed by atoms with van der Waals surface area (Å²) in [5.74, 6) is -0.675. The third-order valence-corrected chi connectivity index (χ3v) is 3.52. The fourth-order valence-corrected chi connectivity index (χ4v) is 2.58. The van der Waals surface area contributed by atoms with Crippen molar-refractivity contribution in [3.05, 3.63) is 59.3 Å². The van der Waals surface area contributed by atoms with Gasteiger partial charge in [-0.15, -0.1) is 0 Å². The molecule has 20 heavy (non-hydrogen) atoms. The number of aryl methyl sites for hydroxylation is 1. The van der Waals surface area contributed by atoms with Crippen LogP contribution in [0.1, 0.15) is 40.6 Å². The van der Waals surface area contributed by atoms with Gasteiger partial charge in [-0.25, -0.2) is 9.78 Å². The number of carboxylic acids is 1. The van der Waals surface area contributed by atoms with Gasteiger partial charge in [0.2, 0.25) is 5.88 Å². The molecule has 2 aromatic rings. The molecule has 4 nitrogen and oxygen atoms in total. The summed E-state index contributed by atoms with van der Waals surface area (Å²) in [5, 5.41) is 8.95. The van der Waals surface area contributed by atoms with Crippen LogP contribution >= 0.6 is 0 Å². The SMILES string of the molecule is O=C(O)c1cccc(OC2CCCc3ccccc32)n1. The lowest BCUT2D eigenvalue weighted by molar-refractivity contribution is 0.0687. The normalized spacial score (nSPS) is 17.3. The number of aromatic nitrogens is 1. The summed E-state index contributed by atoms with van der Waals surface area (Å²) >= 11 is 0. The summed E-state index contributed by atoms with van der Waals surface area (Å²) in [6.07, 6.45) is 3.02. The van der Waals surface area contributed by atoms with Crippen molar-refractivity contribution in [1.82, 2.24) is 4.98 Å². The highest BCUT2D eigenvalue weighted by Gasteiger charge is 2.21. The van der Waals surface area contributed by atoms with Crippen LogP contribution in [0.15, 0.2) is 42.5 Å². The molecule has 1 aliphatic rings. The molecular weight excluding hydrogens is 254 g/mol. The number of hydrogen-bond donors (Lipinski definition) is 1. The van der Waals surface area contributed by atoms with Crippen molar-refractivity contribution in [3.8, 4) is 5.88 Å². The highest BCUT2D eigenvalue weighted by atomic mass is 16.5. The monoisotopic (exact) mass is 269 g/mol. The number of pyridine rings is 1. The van der Waals surface area contributed by atoms with Crippen LogP contribution in [0.3, 0.4) is 0 Å². The molecule has 1 atom stereocenters. The number of ether oxygens (including phenoxy) is 1. The molecule has 4 heteroatoms. The molecule has 0 saturated heterocycles. The molecule has 0 spiro atoms. The molecule has 1 aromatic heterocycles. The summed E-state index contributed by atoms with van der Waals surface area (Å²) in [4.78, 5) is 14.9. The Hall–Kier alpha value is -2.36. The third-order valence-electron chi connectivity index (χ3n) is 3.52. The van der Waals surface area contributed by atoms with Crippen molar-refractivity contribution in [3.63, 3.8) is 0 Å². The molecule has 0 bridgehead atoms. The van der Waals surface area contributed by atoms with Gasteiger partial charge in [0.15, 0.2) is 5.69 Å². The zero-order chi connectivity index (χ0) is 13.9. The first-order valence-corrected chi connectivity index (χ1v) is 6.69. The van der Waals surface area contributed by atoms with E-state index in [1.807, 2.05) is 12.1 Å². The summed E-state index contributed by atoms with van der Waals surface area (Å²) in [6, 6.07) is 13.0. The van der Waals surface area contributed by atoms with E-state index in [4.69, 9.17) is 9.84 Å². The smallest absolute Gasteiger partial charge is 0.354 e. The molecule has 0 amide bonds. The number of hydrogen-bond acceptors (Lipinski definition) is 3. The van der Waals surface area contributed by atoms with Crippen molar-refractivity contribution in [1.29, 1.82) is 0 Å². The summed E-state index contributed by atoms with van der Waals surface area (Å²) < 4.78 is 5.90. The second kappa shape index (κ2) is 5.33. The van der Waals surface area contributed by atoms with Crippen LogP contribution in [0.4, 0.5) is 0 Å². The van der Waals surface area contributed by atoms with Crippen molar-refractivity contribution in [2.75, 3.05) is 0 Å². The number of aromatic carboxylic acids is 1. The van der Waals surface area contributed by atoms with Crippen molar-refractivity contribution in [2.24, 2.45) is 0 Å². The van der Waals surface area contributed by atoms with Gasteiger partial charge < -0.3 is 9.84 Å². The van der Waals surface area contributed by atoms with Gasteiger partial charge in [-0.05, 0) is 36.5 Å². The molecule has 0 radical (unpaired) electrons. The minimum atomic E-state index is -1.04. The number of fused-ring (bicyclic) bond motifs is 1. The molecule has 0 fully saturated rings. The van der Waals surface area contributed by atoms with Crippen molar-refractivity contribution < 1.29 is 14.6 Å². The van der Waals surface area contributed by atoms with Gasteiger partial charge in [0.1, 0.15) is 6.10 Å². The van der Waals surface area contributed by atoms with E-state index < -0.39 is 5.97 Å². The number of benzene rings is 1. The molecule has 0 saturated carbocycles. The topological polar surface area (TPSA) is 59.4 Å². The van der Waals surface area contributed by atoms with Crippen LogP contribution in [-0.2, 0) is 6.42 Å². The molecule has 0 aliphatic heterocycles. The van der Waals surface area contributed by atoms with Gasteiger partial charge in [0.25, 0.3) is 0 Å². The maximum Gasteiger partial charge on any atom is 0.354 e. The highest BCUT2D eigenvalue weighted by molar-refractivity contribution is 5.85. The second-order valence-electron chi connectivity index (χ2n) is 4.86. The fraction of sp³-hybridized carbons (Fsp3) is 0.250. The Kier molecular flexibility index (Phi) is 3.37. The van der Waals surface area contributed by atoms with E-state index in [0.717, 1.165) is 19.3 Å². The van der Waals surface area contributed by atoms with Crippen LogP contribution in [0.5, 0.6) is 5.88 Å². The zero-order valence-electron chi connectivity index (χ0n) is 11.0. The molecule has 1 heterocycles. The standard InChI is InChI=1S/C16H15NO3/c18-16(19)13-8-4-10-15(17-13)20-14-9-3-6-11-5-1-2-7-12(11)14/h1-2,4-5,7-8,10,14H,3,6,9H2,(H,18,19). The molecular formula is C16H15NO3. The molecule has 3 rings (SSSR count). The molecule has 1 aromatic carbocycles. The van der Waals surface area contributed by atoms with Crippen molar-refractivity contribution in [2.45, 2.75) is 25.4 Å². The lowest BCUT2D eigenvalue weighted by Crippen LogP contribution is -2.16. The van der Waals surface area contributed by atoms with Crippen LogP contribution in [0.2, 0.25) is 0 Å². The van der Waals surface area contributed by atoms with Gasteiger partial charge in [-0.1, -0.05) is 30.3 Å². The molecule has 1 aliphatic carbocycles. The Balaban J connectivity index is 1.85. The lowest BCUT2D eigenvalue weighted by Gasteiger charge is -2.25. The summed E-state index contributed by atoms with van der Waals surface area (Å²) in [6.45, 7) is 0. The average Bonchev–Trinajstić information content (AvgIpc) is 2.48. The van der Waals surface area contributed by atoms with Gasteiger partial charge in [0.05, 0.1) is 0 Å². The van der Waals surface area contributed by atoms with E-state index in [9.17, 15) is 4.79 Å². The largest absolute Gasteiger partial charge is 0.477 e. The summed E-state index contributed by atoms with van der Waals surface area (Å²) in [7, 11) is 0. The predicted molar refractivity (Wildman–Crippen MR) is 73.9 cm³/mol. The lowest BCUT2D eigenvalue weighted by atomic mass is 9.89. The van der Waals surface area contributed by atoms with Crippen LogP contribution in [0, 0.1) is 0 Å². The van der Waals surface area contributed by atoms with Crippen LogP contribution < -0.4 is 4.74 Å². The van der Waals surface area contributed by atoms with Crippen LogP contribution in [0.25, 0.3) is 0 Å². The Morgan fingerprint density at radius 3 is 2.90 bits per heavy atom. The first-order valence-electron chi connectivity index (χ1n) is 6.69. The maximum absolute atomic E-state index is 10.9. The van der Waals surface area contributed by atoms with E-state index in [0.29, 0.717) is 5.88 Å². The quantitative estimate of drug-likeness (QED) is 0.929. The number of carbonyl (C=O) groups is 1. The maximum atomic E-state index is 10.9. The van der Waals surface area contributed by atoms with Crippen LogP contribution in [-0.4, -0.2) is 16.1 Å². The first-order chi connectivity index (χ1) is 9.74. The van der Waals surface area contributed by atoms with E-state index in [-0.39, 0.29) is 11.8 Å². The minimum Gasteiger partial charge on any atom is -0.477 e. The first kappa shape index (κ1) is 12.7. The number of rotatable bonds is 3. The van der Waals surface area contributed by atoms with Gasteiger partial charge in [-0.3, -0.25) is 0 Å². The minimum absolute atomic E-state index is 0.00611. The van der Waals surface area contributed by atoms with E-state index in [1.54, 1.807) is 12.1 Å². The predicted octanol–water partition coefficient (Wildman–Crippen LogP) is 3.24. The molecule has 1 N–H and O–H groups in total. The molecule has 1 unspecified atom stereocenters. The Morgan fingerprint density at radius 1 is 1.20 bits per heavy atom. The molecule has 102 valence electrons. The highest BCUT2D eigenvalue weighted by Crippen LogP contribution is 2.32. The fourth-order valence-electron chi connectivity index (χ4n) is 2.58. The summed E-state index contributed by atoms with van der Waals surface area (Å²) in [5.41, 5.74) is 2.49. The van der Waals surface area contributed by atoms with E-state index in [2.05, 4.69) is 17.1 Å². The number of nitrogens with zero attached hydrogens (tertiary/aromatic N) is 1.